The van der Waals surface area contributed by atoms with Crippen molar-refractivity contribution in [2.75, 3.05) is 5.32 Å². The first-order valence-corrected chi connectivity index (χ1v) is 8.01. The SMILES string of the molecule is CC(=O)c1ccccc1NC(=O)C1C[C@H]2CCC[C@@H](C1)C2=O. The van der Waals surface area contributed by atoms with Crippen LogP contribution in [0.5, 0.6) is 0 Å². The van der Waals surface area contributed by atoms with Crippen LogP contribution in [0.3, 0.4) is 0 Å². The smallest absolute Gasteiger partial charge is 0.227 e. The van der Waals surface area contributed by atoms with Crippen molar-refractivity contribution in [1.82, 2.24) is 0 Å². The third kappa shape index (κ3) is 2.82. The maximum atomic E-state index is 12.5. The van der Waals surface area contributed by atoms with E-state index in [0.717, 1.165) is 19.3 Å². The zero-order valence-corrected chi connectivity index (χ0v) is 12.8. The van der Waals surface area contributed by atoms with Gasteiger partial charge in [0.15, 0.2) is 5.78 Å². The van der Waals surface area contributed by atoms with Gasteiger partial charge in [-0.15, -0.1) is 0 Å². The summed E-state index contributed by atoms with van der Waals surface area (Å²) in [7, 11) is 0. The molecule has 2 aliphatic carbocycles. The first-order chi connectivity index (χ1) is 10.6. The standard InChI is InChI=1S/C18H21NO3/c1-11(20)15-7-2-3-8-16(15)19-18(22)14-9-12-5-4-6-13(10-14)17(12)21/h2-3,7-8,12-14H,4-6,9-10H2,1H3,(H,19,22)/t12-,13+,14?. The highest BCUT2D eigenvalue weighted by molar-refractivity contribution is 6.04. The minimum Gasteiger partial charge on any atom is -0.325 e. The molecule has 2 bridgehead atoms. The third-order valence-corrected chi connectivity index (χ3v) is 4.98. The van der Waals surface area contributed by atoms with Gasteiger partial charge in [-0.05, 0) is 44.7 Å². The fraction of sp³-hybridized carbons (Fsp3) is 0.500. The van der Waals surface area contributed by atoms with Crippen molar-refractivity contribution in [3.8, 4) is 0 Å². The molecule has 1 aromatic rings. The summed E-state index contributed by atoms with van der Waals surface area (Å²) in [5.41, 5.74) is 1.10. The van der Waals surface area contributed by atoms with Crippen LogP contribution in [0.4, 0.5) is 5.69 Å². The summed E-state index contributed by atoms with van der Waals surface area (Å²) in [6, 6.07) is 7.07. The van der Waals surface area contributed by atoms with Gasteiger partial charge in [-0.25, -0.2) is 0 Å². The lowest BCUT2D eigenvalue weighted by Gasteiger charge is -2.37. The van der Waals surface area contributed by atoms with Crippen LogP contribution in [0.15, 0.2) is 24.3 Å². The predicted octanol–water partition coefficient (Wildman–Crippen LogP) is 3.22. The molecule has 1 amide bonds. The second kappa shape index (κ2) is 6.03. The number of hydrogen-bond donors (Lipinski definition) is 1. The normalized spacial score (nSPS) is 27.3. The fourth-order valence-electron chi connectivity index (χ4n) is 3.83. The zero-order valence-electron chi connectivity index (χ0n) is 12.8. The number of para-hydroxylation sites is 1. The van der Waals surface area contributed by atoms with E-state index in [9.17, 15) is 14.4 Å². The van der Waals surface area contributed by atoms with E-state index < -0.39 is 0 Å². The molecule has 0 aliphatic heterocycles. The van der Waals surface area contributed by atoms with Gasteiger partial charge in [0, 0.05) is 23.3 Å². The van der Waals surface area contributed by atoms with E-state index in [1.807, 2.05) is 0 Å². The lowest BCUT2D eigenvalue weighted by molar-refractivity contribution is -0.136. The largest absolute Gasteiger partial charge is 0.325 e. The van der Waals surface area contributed by atoms with Crippen molar-refractivity contribution in [3.05, 3.63) is 29.8 Å². The Kier molecular flexibility index (Phi) is 4.10. The number of amides is 1. The molecule has 3 rings (SSSR count). The molecule has 0 radical (unpaired) electrons. The molecular formula is C18H21NO3. The minimum atomic E-state index is -0.118. The van der Waals surface area contributed by atoms with E-state index in [4.69, 9.17) is 0 Å². The Morgan fingerprint density at radius 2 is 1.73 bits per heavy atom. The molecule has 0 saturated heterocycles. The highest BCUT2D eigenvalue weighted by Crippen LogP contribution is 2.40. The summed E-state index contributed by atoms with van der Waals surface area (Å²) < 4.78 is 0. The minimum absolute atomic E-state index is 0.0573. The number of anilines is 1. The van der Waals surface area contributed by atoms with E-state index >= 15 is 0 Å². The van der Waals surface area contributed by atoms with Crippen molar-refractivity contribution in [2.24, 2.45) is 17.8 Å². The molecular weight excluding hydrogens is 278 g/mol. The van der Waals surface area contributed by atoms with Crippen LogP contribution in [-0.4, -0.2) is 17.5 Å². The average molecular weight is 299 g/mol. The Hall–Kier alpha value is -1.97. The van der Waals surface area contributed by atoms with Crippen molar-refractivity contribution in [2.45, 2.75) is 39.0 Å². The number of benzene rings is 1. The fourth-order valence-corrected chi connectivity index (χ4v) is 3.83. The van der Waals surface area contributed by atoms with Gasteiger partial charge < -0.3 is 5.32 Å². The Morgan fingerprint density at radius 3 is 2.36 bits per heavy atom. The van der Waals surface area contributed by atoms with Gasteiger partial charge in [0.05, 0.1) is 5.69 Å². The number of ketones is 2. The van der Waals surface area contributed by atoms with Crippen LogP contribution in [-0.2, 0) is 9.59 Å². The molecule has 22 heavy (non-hydrogen) atoms. The molecule has 1 aromatic carbocycles. The summed E-state index contributed by atoms with van der Waals surface area (Å²) >= 11 is 0. The molecule has 116 valence electrons. The van der Waals surface area contributed by atoms with E-state index in [2.05, 4.69) is 5.32 Å². The molecule has 4 nitrogen and oxygen atoms in total. The van der Waals surface area contributed by atoms with E-state index in [1.165, 1.54) is 6.92 Å². The van der Waals surface area contributed by atoms with Crippen LogP contribution in [0, 0.1) is 17.8 Å². The lowest BCUT2D eigenvalue weighted by Crippen LogP contribution is -2.40. The van der Waals surface area contributed by atoms with E-state index in [-0.39, 0.29) is 29.4 Å². The molecule has 0 heterocycles. The Bertz CT molecular complexity index is 607. The average Bonchev–Trinajstić information content (AvgIpc) is 2.47. The first-order valence-electron chi connectivity index (χ1n) is 8.01. The summed E-state index contributed by atoms with van der Waals surface area (Å²) in [6.07, 6.45) is 4.25. The number of hydrogen-bond acceptors (Lipinski definition) is 3. The van der Waals surface area contributed by atoms with Gasteiger partial charge in [0.1, 0.15) is 5.78 Å². The van der Waals surface area contributed by atoms with Gasteiger partial charge in [-0.1, -0.05) is 18.6 Å². The molecule has 2 fully saturated rings. The predicted molar refractivity (Wildman–Crippen MR) is 83.6 cm³/mol. The topological polar surface area (TPSA) is 63.2 Å². The van der Waals surface area contributed by atoms with Crippen LogP contribution in [0.2, 0.25) is 0 Å². The van der Waals surface area contributed by atoms with Crippen molar-refractivity contribution >= 4 is 23.2 Å². The number of carbonyl (C=O) groups is 3. The Labute approximate surface area is 130 Å². The van der Waals surface area contributed by atoms with E-state index in [0.29, 0.717) is 29.9 Å². The summed E-state index contributed by atoms with van der Waals surface area (Å²) in [5.74, 6) is 0.245. The maximum absolute atomic E-state index is 12.5. The molecule has 2 saturated carbocycles. The summed E-state index contributed by atoms with van der Waals surface area (Å²) in [6.45, 7) is 1.49. The summed E-state index contributed by atoms with van der Waals surface area (Å²) in [5, 5.41) is 2.89. The van der Waals surface area contributed by atoms with Crippen LogP contribution in [0.1, 0.15) is 49.4 Å². The molecule has 1 N–H and O–H groups in total. The first kappa shape index (κ1) is 14.9. The van der Waals surface area contributed by atoms with Gasteiger partial charge >= 0.3 is 0 Å². The van der Waals surface area contributed by atoms with Crippen molar-refractivity contribution < 1.29 is 14.4 Å². The molecule has 4 heteroatoms. The number of carbonyl (C=O) groups excluding carboxylic acids is 3. The Morgan fingerprint density at radius 1 is 1.09 bits per heavy atom. The van der Waals surface area contributed by atoms with Gasteiger partial charge in [-0.3, -0.25) is 14.4 Å². The Balaban J connectivity index is 1.73. The van der Waals surface area contributed by atoms with Crippen LogP contribution < -0.4 is 5.32 Å². The van der Waals surface area contributed by atoms with Gasteiger partial charge in [-0.2, -0.15) is 0 Å². The second-order valence-corrected chi connectivity index (χ2v) is 6.49. The summed E-state index contributed by atoms with van der Waals surface area (Å²) in [4.78, 5) is 36.3. The van der Waals surface area contributed by atoms with E-state index in [1.54, 1.807) is 24.3 Å². The molecule has 0 aromatic heterocycles. The van der Waals surface area contributed by atoms with Crippen LogP contribution >= 0.6 is 0 Å². The lowest BCUT2D eigenvalue weighted by atomic mass is 9.67. The maximum Gasteiger partial charge on any atom is 0.227 e. The number of fused-ring (bicyclic) bond motifs is 2. The number of Topliss-reactive ketones (excluding diaryl/α,β-unsaturated/α-hetero) is 2. The quantitative estimate of drug-likeness (QED) is 0.872. The highest BCUT2D eigenvalue weighted by atomic mass is 16.2. The van der Waals surface area contributed by atoms with Gasteiger partial charge in [0.25, 0.3) is 0 Å². The highest BCUT2D eigenvalue weighted by Gasteiger charge is 2.41. The molecule has 0 spiro atoms. The monoisotopic (exact) mass is 299 g/mol. The number of nitrogens with one attached hydrogen (secondary N) is 1. The third-order valence-electron chi connectivity index (χ3n) is 4.98. The zero-order chi connectivity index (χ0) is 15.7. The van der Waals surface area contributed by atoms with Gasteiger partial charge in [0.2, 0.25) is 5.91 Å². The number of rotatable bonds is 3. The molecule has 3 atom stereocenters. The van der Waals surface area contributed by atoms with Crippen molar-refractivity contribution in [1.29, 1.82) is 0 Å². The van der Waals surface area contributed by atoms with Crippen molar-refractivity contribution in [3.63, 3.8) is 0 Å². The second-order valence-electron chi connectivity index (χ2n) is 6.49. The molecule has 1 unspecified atom stereocenters. The van der Waals surface area contributed by atoms with Crippen LogP contribution in [0.25, 0.3) is 0 Å². The molecule has 2 aliphatic rings.